The SMILES string of the molecule is Cc1ccc2c(c1)c(=O)n(C)c1nnc(CNC(C)c3ccc(C)c(F)c3)n21. The molecule has 0 saturated heterocycles. The van der Waals surface area contributed by atoms with Crippen molar-refractivity contribution in [2.75, 3.05) is 0 Å². The summed E-state index contributed by atoms with van der Waals surface area (Å²) in [5.41, 5.74) is 3.19. The van der Waals surface area contributed by atoms with Crippen LogP contribution in [0.2, 0.25) is 0 Å². The lowest BCUT2D eigenvalue weighted by Gasteiger charge is -2.15. The molecule has 0 radical (unpaired) electrons. The maximum atomic E-state index is 13.9. The number of aryl methyl sites for hydroxylation is 3. The zero-order valence-electron chi connectivity index (χ0n) is 16.3. The van der Waals surface area contributed by atoms with Crippen molar-refractivity contribution >= 4 is 16.7 Å². The summed E-state index contributed by atoms with van der Waals surface area (Å²) >= 11 is 0. The van der Waals surface area contributed by atoms with Gasteiger partial charge in [-0.25, -0.2) is 4.39 Å². The highest BCUT2D eigenvalue weighted by atomic mass is 19.1. The highest BCUT2D eigenvalue weighted by Gasteiger charge is 2.16. The van der Waals surface area contributed by atoms with Gasteiger partial charge in [-0.3, -0.25) is 13.8 Å². The summed E-state index contributed by atoms with van der Waals surface area (Å²) in [7, 11) is 1.70. The number of benzene rings is 2. The molecule has 2 heterocycles. The van der Waals surface area contributed by atoms with Crippen molar-refractivity contribution in [2.45, 2.75) is 33.4 Å². The minimum absolute atomic E-state index is 0.0662. The molecule has 144 valence electrons. The number of nitrogens with one attached hydrogen (secondary N) is 1. The maximum Gasteiger partial charge on any atom is 0.262 e. The quantitative estimate of drug-likeness (QED) is 0.591. The van der Waals surface area contributed by atoms with E-state index in [0.29, 0.717) is 29.1 Å². The summed E-state index contributed by atoms with van der Waals surface area (Å²) in [4.78, 5) is 12.6. The number of rotatable bonds is 4. The molecule has 0 spiro atoms. The molecular weight excluding hydrogens is 357 g/mol. The molecule has 6 nitrogen and oxygen atoms in total. The fourth-order valence-corrected chi connectivity index (χ4v) is 3.41. The minimum atomic E-state index is -0.213. The first-order valence-corrected chi connectivity index (χ1v) is 9.19. The van der Waals surface area contributed by atoms with Crippen LogP contribution in [0.15, 0.2) is 41.2 Å². The molecule has 0 saturated carbocycles. The molecule has 2 aromatic heterocycles. The minimum Gasteiger partial charge on any atom is -0.303 e. The van der Waals surface area contributed by atoms with Crippen LogP contribution in [-0.2, 0) is 13.6 Å². The zero-order valence-corrected chi connectivity index (χ0v) is 16.3. The molecule has 0 aliphatic heterocycles. The molecule has 4 rings (SSSR count). The van der Waals surface area contributed by atoms with E-state index in [2.05, 4.69) is 15.5 Å². The molecule has 4 aromatic rings. The Hall–Kier alpha value is -3.06. The molecule has 7 heteroatoms. The standard InChI is InChI=1S/C21H22FN5O/c1-12-5-8-18-16(9-12)20(28)26(4)21-25-24-19(27(18)21)11-23-14(3)15-7-6-13(2)17(22)10-15/h5-10,14,23H,11H2,1-4H3. The lowest BCUT2D eigenvalue weighted by atomic mass is 10.1. The van der Waals surface area contributed by atoms with Gasteiger partial charge in [0.2, 0.25) is 5.78 Å². The first-order chi connectivity index (χ1) is 13.4. The second kappa shape index (κ2) is 6.83. The van der Waals surface area contributed by atoms with Crippen LogP contribution in [0, 0.1) is 19.7 Å². The molecule has 0 aliphatic carbocycles. The smallest absolute Gasteiger partial charge is 0.262 e. The van der Waals surface area contributed by atoms with Gasteiger partial charge in [-0.05, 0) is 50.1 Å². The highest BCUT2D eigenvalue weighted by Crippen LogP contribution is 2.18. The second-order valence-electron chi connectivity index (χ2n) is 7.25. The lowest BCUT2D eigenvalue weighted by molar-refractivity contribution is 0.549. The number of nitrogens with zero attached hydrogens (tertiary/aromatic N) is 4. The van der Waals surface area contributed by atoms with Crippen molar-refractivity contribution in [1.29, 1.82) is 0 Å². The number of fused-ring (bicyclic) bond motifs is 3. The van der Waals surface area contributed by atoms with Gasteiger partial charge in [0, 0.05) is 13.1 Å². The molecule has 0 bridgehead atoms. The van der Waals surface area contributed by atoms with E-state index in [1.54, 1.807) is 26.1 Å². The molecule has 0 amide bonds. The fraction of sp³-hybridized carbons (Fsp3) is 0.286. The van der Waals surface area contributed by atoms with Gasteiger partial charge in [-0.15, -0.1) is 10.2 Å². The highest BCUT2D eigenvalue weighted by molar-refractivity contribution is 5.81. The monoisotopic (exact) mass is 379 g/mol. The van der Waals surface area contributed by atoms with Gasteiger partial charge in [-0.1, -0.05) is 23.8 Å². The number of hydrogen-bond donors (Lipinski definition) is 1. The number of halogens is 1. The maximum absolute atomic E-state index is 13.9. The third-order valence-electron chi connectivity index (χ3n) is 5.20. The first-order valence-electron chi connectivity index (χ1n) is 9.19. The summed E-state index contributed by atoms with van der Waals surface area (Å²) < 4.78 is 17.3. The van der Waals surface area contributed by atoms with Gasteiger partial charge in [-0.2, -0.15) is 0 Å². The first kappa shape index (κ1) is 18.3. The number of aromatic nitrogens is 4. The van der Waals surface area contributed by atoms with Crippen LogP contribution in [0.4, 0.5) is 4.39 Å². The van der Waals surface area contributed by atoms with Gasteiger partial charge >= 0.3 is 0 Å². The average Bonchev–Trinajstić information content (AvgIpc) is 3.10. The van der Waals surface area contributed by atoms with E-state index >= 15 is 0 Å². The Labute approximate surface area is 161 Å². The van der Waals surface area contributed by atoms with Crippen molar-refractivity contribution in [1.82, 2.24) is 24.5 Å². The van der Waals surface area contributed by atoms with E-state index in [1.165, 1.54) is 4.57 Å². The van der Waals surface area contributed by atoms with E-state index < -0.39 is 0 Å². The molecule has 0 fully saturated rings. The molecule has 1 atom stereocenters. The van der Waals surface area contributed by atoms with E-state index in [0.717, 1.165) is 16.6 Å². The molecule has 0 aliphatic rings. The van der Waals surface area contributed by atoms with E-state index in [1.807, 2.05) is 42.5 Å². The molecular formula is C21H22FN5O. The Kier molecular flexibility index (Phi) is 4.47. The van der Waals surface area contributed by atoms with Gasteiger partial charge in [0.05, 0.1) is 17.4 Å². The summed E-state index contributed by atoms with van der Waals surface area (Å²) in [6.45, 7) is 6.11. The zero-order chi connectivity index (χ0) is 20.0. The van der Waals surface area contributed by atoms with E-state index in [9.17, 15) is 9.18 Å². The summed E-state index contributed by atoms with van der Waals surface area (Å²) in [6.07, 6.45) is 0. The third-order valence-corrected chi connectivity index (χ3v) is 5.20. The molecule has 1 N–H and O–H groups in total. The Morgan fingerprint density at radius 1 is 1.14 bits per heavy atom. The van der Waals surface area contributed by atoms with E-state index in [-0.39, 0.29) is 17.4 Å². The predicted octanol–water partition coefficient (Wildman–Crippen LogP) is 3.19. The Bertz CT molecular complexity index is 1260. The Morgan fingerprint density at radius 3 is 2.68 bits per heavy atom. The van der Waals surface area contributed by atoms with Crippen molar-refractivity contribution < 1.29 is 4.39 Å². The molecule has 28 heavy (non-hydrogen) atoms. The van der Waals surface area contributed by atoms with Crippen molar-refractivity contribution in [3.05, 3.63) is 75.1 Å². The second-order valence-corrected chi connectivity index (χ2v) is 7.25. The Morgan fingerprint density at radius 2 is 1.93 bits per heavy atom. The van der Waals surface area contributed by atoms with Gasteiger partial charge in [0.25, 0.3) is 5.56 Å². The third kappa shape index (κ3) is 2.97. The van der Waals surface area contributed by atoms with Crippen molar-refractivity contribution in [3.63, 3.8) is 0 Å². The van der Waals surface area contributed by atoms with Crippen molar-refractivity contribution in [3.8, 4) is 0 Å². The predicted molar refractivity (Wildman–Crippen MR) is 107 cm³/mol. The largest absolute Gasteiger partial charge is 0.303 e. The normalized spacial score (nSPS) is 12.8. The van der Waals surface area contributed by atoms with Gasteiger partial charge in [0.15, 0.2) is 5.82 Å². The molecule has 1 unspecified atom stereocenters. The van der Waals surface area contributed by atoms with Crippen LogP contribution < -0.4 is 10.9 Å². The average molecular weight is 379 g/mol. The van der Waals surface area contributed by atoms with Crippen LogP contribution in [0.3, 0.4) is 0 Å². The van der Waals surface area contributed by atoms with Gasteiger partial charge < -0.3 is 5.32 Å². The van der Waals surface area contributed by atoms with Crippen molar-refractivity contribution in [2.24, 2.45) is 7.05 Å². The number of hydrogen-bond acceptors (Lipinski definition) is 4. The van der Waals surface area contributed by atoms with E-state index in [4.69, 9.17) is 0 Å². The van der Waals surface area contributed by atoms with Gasteiger partial charge in [0.1, 0.15) is 5.82 Å². The van der Waals surface area contributed by atoms with Crippen LogP contribution in [0.1, 0.15) is 35.5 Å². The summed E-state index contributed by atoms with van der Waals surface area (Å²) in [5.74, 6) is 0.974. The summed E-state index contributed by atoms with van der Waals surface area (Å²) in [6, 6.07) is 11.0. The molecule has 2 aromatic carbocycles. The van der Waals surface area contributed by atoms with Crippen LogP contribution >= 0.6 is 0 Å². The van der Waals surface area contributed by atoms with Crippen LogP contribution in [0.25, 0.3) is 16.7 Å². The fourth-order valence-electron chi connectivity index (χ4n) is 3.41. The Balaban J connectivity index is 1.72. The van der Waals surface area contributed by atoms with Crippen LogP contribution in [0.5, 0.6) is 0 Å². The summed E-state index contributed by atoms with van der Waals surface area (Å²) in [5, 5.41) is 12.5. The van der Waals surface area contributed by atoms with Crippen LogP contribution in [-0.4, -0.2) is 19.2 Å². The topological polar surface area (TPSA) is 64.2 Å². The lowest BCUT2D eigenvalue weighted by Crippen LogP contribution is -2.23.